The number of hydrogen-bond donors (Lipinski definition) is 1. The van der Waals surface area contributed by atoms with Crippen molar-refractivity contribution in [3.63, 3.8) is 0 Å². The normalized spacial score (nSPS) is 11.6. The molecule has 1 N–H and O–H groups in total. The van der Waals surface area contributed by atoms with Gasteiger partial charge in [0, 0.05) is 18.8 Å². The van der Waals surface area contributed by atoms with Crippen molar-refractivity contribution in [1.82, 2.24) is 4.90 Å². The maximum atomic E-state index is 3.54. The Morgan fingerprint density at radius 3 is 1.93 bits per heavy atom. The average Bonchev–Trinajstić information content (AvgIpc) is 2.77. The highest BCUT2D eigenvalue weighted by atomic mass is 15.1. The van der Waals surface area contributed by atoms with E-state index in [1.54, 1.807) is 0 Å². The van der Waals surface area contributed by atoms with Gasteiger partial charge in [-0.3, -0.25) is 0 Å². The zero-order valence-electron chi connectivity index (χ0n) is 16.9. The van der Waals surface area contributed by atoms with Crippen LogP contribution in [0.5, 0.6) is 0 Å². The second kappa shape index (κ2) is 10.5. The summed E-state index contributed by atoms with van der Waals surface area (Å²) in [6.45, 7) is 8.65. The van der Waals surface area contributed by atoms with Crippen LogP contribution in [0.1, 0.15) is 30.5 Å². The van der Waals surface area contributed by atoms with Gasteiger partial charge in [0.2, 0.25) is 0 Å². The van der Waals surface area contributed by atoms with Crippen LogP contribution >= 0.6 is 0 Å². The van der Waals surface area contributed by atoms with E-state index >= 15 is 0 Å². The second-order valence-electron chi connectivity index (χ2n) is 6.87. The molecule has 0 fully saturated rings. The molecule has 0 aliphatic heterocycles. The van der Waals surface area contributed by atoms with Gasteiger partial charge < -0.3 is 10.2 Å². The van der Waals surface area contributed by atoms with E-state index in [-0.39, 0.29) is 0 Å². The zero-order valence-corrected chi connectivity index (χ0v) is 16.9. The molecule has 0 aliphatic carbocycles. The first kappa shape index (κ1) is 19.9. The Morgan fingerprint density at radius 2 is 1.32 bits per heavy atom. The number of benzene rings is 3. The number of nitrogens with zero attached hydrogens (tertiary/aromatic N) is 1. The summed E-state index contributed by atoms with van der Waals surface area (Å²) < 4.78 is 0. The first-order valence-electron chi connectivity index (χ1n) is 10.2. The lowest BCUT2D eigenvalue weighted by Crippen LogP contribution is -2.28. The molecule has 0 radical (unpaired) electrons. The lowest BCUT2D eigenvalue weighted by molar-refractivity contribution is 0.316. The van der Waals surface area contributed by atoms with Crippen LogP contribution in [0.4, 0.5) is 5.69 Å². The van der Waals surface area contributed by atoms with Crippen molar-refractivity contribution in [2.75, 3.05) is 31.5 Å². The molecule has 0 amide bonds. The van der Waals surface area contributed by atoms with Crippen molar-refractivity contribution in [1.29, 1.82) is 0 Å². The molecule has 0 saturated heterocycles. The van der Waals surface area contributed by atoms with Crippen LogP contribution in [0, 0.1) is 0 Å². The van der Waals surface area contributed by atoms with E-state index in [0.717, 1.165) is 26.2 Å². The van der Waals surface area contributed by atoms with Crippen LogP contribution in [-0.4, -0.2) is 31.1 Å². The molecular formula is C26H30N2. The largest absolute Gasteiger partial charge is 0.384 e. The van der Waals surface area contributed by atoms with Crippen molar-refractivity contribution in [3.8, 4) is 0 Å². The molecule has 0 aromatic heterocycles. The Balaban J connectivity index is 1.79. The molecule has 3 aromatic rings. The van der Waals surface area contributed by atoms with Gasteiger partial charge in [-0.1, -0.05) is 86.6 Å². The molecule has 3 aromatic carbocycles. The monoisotopic (exact) mass is 370 g/mol. The Hall–Kier alpha value is -2.84. The third kappa shape index (κ3) is 5.58. The van der Waals surface area contributed by atoms with Gasteiger partial charge in [0.25, 0.3) is 0 Å². The molecular weight excluding hydrogens is 340 g/mol. The van der Waals surface area contributed by atoms with Crippen LogP contribution in [0.15, 0.2) is 84.9 Å². The molecule has 0 bridgehead atoms. The molecule has 144 valence electrons. The Labute approximate surface area is 169 Å². The minimum atomic E-state index is 0.965. The van der Waals surface area contributed by atoms with Gasteiger partial charge in [0.15, 0.2) is 0 Å². The fraction of sp³-hybridized carbons (Fsp3) is 0.231. The predicted molar refractivity (Wildman–Crippen MR) is 123 cm³/mol. The molecule has 2 nitrogen and oxygen atoms in total. The lowest BCUT2D eigenvalue weighted by atomic mass is 9.95. The summed E-state index contributed by atoms with van der Waals surface area (Å²) in [5.41, 5.74) is 6.07. The molecule has 0 spiro atoms. The van der Waals surface area contributed by atoms with Crippen LogP contribution in [0.25, 0.3) is 11.6 Å². The van der Waals surface area contributed by atoms with Gasteiger partial charge in [0.05, 0.1) is 0 Å². The van der Waals surface area contributed by atoms with Gasteiger partial charge in [0.1, 0.15) is 0 Å². The fourth-order valence-corrected chi connectivity index (χ4v) is 3.33. The Bertz CT molecular complexity index is 848. The molecule has 0 saturated carbocycles. The van der Waals surface area contributed by atoms with Crippen molar-refractivity contribution in [2.45, 2.75) is 13.8 Å². The minimum Gasteiger partial charge on any atom is -0.384 e. The highest BCUT2D eigenvalue weighted by Gasteiger charge is 2.06. The Morgan fingerprint density at radius 1 is 0.750 bits per heavy atom. The van der Waals surface area contributed by atoms with E-state index in [1.807, 2.05) is 0 Å². The smallest absolute Gasteiger partial charge is 0.0341 e. The van der Waals surface area contributed by atoms with Crippen molar-refractivity contribution in [2.24, 2.45) is 0 Å². The summed E-state index contributed by atoms with van der Waals surface area (Å²) in [6, 6.07) is 29.9. The van der Waals surface area contributed by atoms with E-state index in [9.17, 15) is 0 Å². The summed E-state index contributed by atoms with van der Waals surface area (Å²) in [5, 5.41) is 3.54. The first-order valence-corrected chi connectivity index (χ1v) is 10.2. The summed E-state index contributed by atoms with van der Waals surface area (Å²) >= 11 is 0. The van der Waals surface area contributed by atoms with E-state index in [1.165, 1.54) is 28.0 Å². The summed E-state index contributed by atoms with van der Waals surface area (Å²) in [4.78, 5) is 2.43. The highest BCUT2D eigenvalue weighted by molar-refractivity contribution is 5.91. The molecule has 28 heavy (non-hydrogen) atoms. The van der Waals surface area contributed by atoms with Crippen molar-refractivity contribution < 1.29 is 0 Å². The maximum Gasteiger partial charge on any atom is 0.0341 e. The number of rotatable bonds is 9. The molecule has 0 atom stereocenters. The van der Waals surface area contributed by atoms with Gasteiger partial charge in [-0.25, -0.2) is 0 Å². The standard InChI is InChI=1S/C26H30N2/c1-3-28(4-2)20-19-27-25-17-15-24(16-18-25)26(23-13-9-6-10-14-23)21-22-11-7-5-8-12-22/h5-18,21,27H,3-4,19-20H2,1-2H3. The molecule has 3 rings (SSSR count). The second-order valence-corrected chi connectivity index (χ2v) is 6.87. The summed E-state index contributed by atoms with van der Waals surface area (Å²) in [6.07, 6.45) is 2.26. The average molecular weight is 371 g/mol. The van der Waals surface area contributed by atoms with E-state index < -0.39 is 0 Å². The van der Waals surface area contributed by atoms with Crippen LogP contribution in [0.3, 0.4) is 0 Å². The Kier molecular flexibility index (Phi) is 7.45. The van der Waals surface area contributed by atoms with E-state index in [2.05, 4.69) is 115 Å². The van der Waals surface area contributed by atoms with Crippen LogP contribution in [0.2, 0.25) is 0 Å². The number of nitrogens with one attached hydrogen (secondary N) is 1. The molecule has 0 aliphatic rings. The number of anilines is 1. The number of hydrogen-bond acceptors (Lipinski definition) is 2. The predicted octanol–water partition coefficient (Wildman–Crippen LogP) is 6.03. The van der Waals surface area contributed by atoms with E-state index in [4.69, 9.17) is 0 Å². The molecule has 0 unspecified atom stereocenters. The van der Waals surface area contributed by atoms with Gasteiger partial charge in [-0.15, -0.1) is 0 Å². The van der Waals surface area contributed by atoms with Gasteiger partial charge >= 0.3 is 0 Å². The number of likely N-dealkylation sites (N-methyl/N-ethyl adjacent to an activating group) is 1. The maximum absolute atomic E-state index is 3.54. The summed E-state index contributed by atoms with van der Waals surface area (Å²) in [7, 11) is 0. The summed E-state index contributed by atoms with van der Waals surface area (Å²) in [5.74, 6) is 0. The van der Waals surface area contributed by atoms with Gasteiger partial charge in [-0.05, 0) is 53.6 Å². The molecule has 2 heteroatoms. The first-order chi connectivity index (χ1) is 13.8. The van der Waals surface area contributed by atoms with Gasteiger partial charge in [-0.2, -0.15) is 0 Å². The van der Waals surface area contributed by atoms with Crippen molar-refractivity contribution >= 4 is 17.3 Å². The molecule has 0 heterocycles. The zero-order chi connectivity index (χ0) is 19.6. The SMILES string of the molecule is CCN(CC)CCNc1ccc(C(=Cc2ccccc2)c2ccccc2)cc1. The third-order valence-corrected chi connectivity index (χ3v) is 5.04. The van der Waals surface area contributed by atoms with Crippen LogP contribution in [-0.2, 0) is 0 Å². The van der Waals surface area contributed by atoms with Crippen LogP contribution < -0.4 is 5.32 Å². The van der Waals surface area contributed by atoms with Crippen molar-refractivity contribution in [3.05, 3.63) is 102 Å². The highest BCUT2D eigenvalue weighted by Crippen LogP contribution is 2.27. The topological polar surface area (TPSA) is 15.3 Å². The quantitative estimate of drug-likeness (QED) is 0.463. The van der Waals surface area contributed by atoms with E-state index in [0.29, 0.717) is 0 Å². The minimum absolute atomic E-state index is 0.965. The fourth-order valence-electron chi connectivity index (χ4n) is 3.33. The lowest BCUT2D eigenvalue weighted by Gasteiger charge is -2.18. The third-order valence-electron chi connectivity index (χ3n) is 5.04.